The van der Waals surface area contributed by atoms with E-state index in [1.807, 2.05) is 6.92 Å². The lowest BCUT2D eigenvalue weighted by molar-refractivity contribution is 0.825. The smallest absolute Gasteiger partial charge is 0.140 e. The molecule has 0 aliphatic carbocycles. The molecule has 1 aromatic rings. The Bertz CT molecular complexity index is 263. The largest absolute Gasteiger partial charge is 0.383 e. The van der Waals surface area contributed by atoms with Crippen molar-refractivity contribution in [1.29, 1.82) is 0 Å². The first kappa shape index (κ1) is 9.70. The number of nitrogens with two attached hydrogens (primary N) is 1. The molecule has 3 nitrogen and oxygen atoms in total. The Labute approximate surface area is 85.9 Å². The first-order valence-electron chi connectivity index (χ1n) is 3.93. The van der Waals surface area contributed by atoms with E-state index in [1.165, 1.54) is 0 Å². The third kappa shape index (κ3) is 2.06. The maximum atomic E-state index is 5.69. The Morgan fingerprint density at radius 2 is 2.08 bits per heavy atom. The van der Waals surface area contributed by atoms with Crippen molar-refractivity contribution in [2.24, 2.45) is 0 Å². The van der Waals surface area contributed by atoms with Gasteiger partial charge in [-0.1, -0.05) is 6.92 Å². The van der Waals surface area contributed by atoms with Crippen molar-refractivity contribution in [3.63, 3.8) is 0 Å². The molecule has 0 unspecified atom stereocenters. The molecule has 0 spiro atoms. The highest BCUT2D eigenvalue weighted by Gasteiger charge is 2.04. The van der Waals surface area contributed by atoms with Crippen molar-refractivity contribution in [1.82, 2.24) is 9.97 Å². The standard InChI is InChI=1S/C8H12IN3/c1-3-4-6-11-5(2)7(9)8(10)12-6/h3-4H2,1-2H3,(H2,10,11,12). The number of halogens is 1. The lowest BCUT2D eigenvalue weighted by Gasteiger charge is -2.03. The summed E-state index contributed by atoms with van der Waals surface area (Å²) < 4.78 is 0.965. The first-order valence-corrected chi connectivity index (χ1v) is 5.01. The van der Waals surface area contributed by atoms with Crippen LogP contribution in [0.4, 0.5) is 5.82 Å². The zero-order valence-corrected chi connectivity index (χ0v) is 9.42. The lowest BCUT2D eigenvalue weighted by Crippen LogP contribution is -2.04. The molecular formula is C8H12IN3. The molecule has 1 aromatic heterocycles. The summed E-state index contributed by atoms with van der Waals surface area (Å²) in [5.74, 6) is 1.46. The SMILES string of the molecule is CCCc1nc(C)c(I)c(N)n1. The first-order chi connectivity index (χ1) is 5.65. The second-order valence-electron chi connectivity index (χ2n) is 2.67. The quantitative estimate of drug-likeness (QED) is 0.840. The minimum absolute atomic E-state index is 0.603. The van der Waals surface area contributed by atoms with E-state index >= 15 is 0 Å². The highest BCUT2D eigenvalue weighted by atomic mass is 127. The molecular weight excluding hydrogens is 265 g/mol. The van der Waals surface area contributed by atoms with Crippen LogP contribution in [0.1, 0.15) is 24.9 Å². The van der Waals surface area contributed by atoms with Crippen LogP contribution in [0, 0.1) is 10.5 Å². The molecule has 1 heterocycles. The van der Waals surface area contributed by atoms with E-state index in [1.54, 1.807) is 0 Å². The lowest BCUT2D eigenvalue weighted by atomic mass is 10.3. The number of hydrogen-bond acceptors (Lipinski definition) is 3. The molecule has 0 bridgehead atoms. The number of aryl methyl sites for hydroxylation is 2. The molecule has 0 aromatic carbocycles. The van der Waals surface area contributed by atoms with Crippen LogP contribution in [0.5, 0.6) is 0 Å². The fourth-order valence-corrected chi connectivity index (χ4v) is 1.22. The van der Waals surface area contributed by atoms with Gasteiger partial charge in [-0.3, -0.25) is 0 Å². The van der Waals surface area contributed by atoms with E-state index < -0.39 is 0 Å². The summed E-state index contributed by atoms with van der Waals surface area (Å²) in [5, 5.41) is 0. The molecule has 2 N–H and O–H groups in total. The van der Waals surface area contributed by atoms with E-state index in [9.17, 15) is 0 Å². The molecule has 0 fully saturated rings. The van der Waals surface area contributed by atoms with E-state index in [2.05, 4.69) is 39.5 Å². The normalized spacial score (nSPS) is 10.2. The van der Waals surface area contributed by atoms with Crippen molar-refractivity contribution in [3.05, 3.63) is 15.1 Å². The fraction of sp³-hybridized carbons (Fsp3) is 0.500. The molecule has 0 aliphatic rings. The molecule has 1 rings (SSSR count). The summed E-state index contributed by atoms with van der Waals surface area (Å²) in [6.07, 6.45) is 1.96. The molecule has 12 heavy (non-hydrogen) atoms. The van der Waals surface area contributed by atoms with Crippen molar-refractivity contribution in [3.8, 4) is 0 Å². The average molecular weight is 277 g/mol. The van der Waals surface area contributed by atoms with Gasteiger partial charge in [0.05, 0.1) is 9.26 Å². The van der Waals surface area contributed by atoms with Gasteiger partial charge in [-0.15, -0.1) is 0 Å². The highest BCUT2D eigenvalue weighted by molar-refractivity contribution is 14.1. The van der Waals surface area contributed by atoms with Crippen molar-refractivity contribution >= 4 is 28.4 Å². The third-order valence-electron chi connectivity index (χ3n) is 1.56. The van der Waals surface area contributed by atoms with Gasteiger partial charge < -0.3 is 5.73 Å². The number of nitrogens with zero attached hydrogens (tertiary/aromatic N) is 2. The maximum Gasteiger partial charge on any atom is 0.140 e. The summed E-state index contributed by atoms with van der Waals surface area (Å²) >= 11 is 2.16. The second kappa shape index (κ2) is 4.02. The van der Waals surface area contributed by atoms with Crippen LogP contribution in [-0.2, 0) is 6.42 Å². The molecule has 0 aliphatic heterocycles. The summed E-state index contributed by atoms with van der Waals surface area (Å²) in [4.78, 5) is 8.51. The summed E-state index contributed by atoms with van der Waals surface area (Å²) in [7, 11) is 0. The van der Waals surface area contributed by atoms with Crippen LogP contribution in [0.2, 0.25) is 0 Å². The van der Waals surface area contributed by atoms with E-state index in [0.29, 0.717) is 5.82 Å². The Kier molecular flexibility index (Phi) is 3.25. The van der Waals surface area contributed by atoms with Crippen LogP contribution in [0.25, 0.3) is 0 Å². The van der Waals surface area contributed by atoms with Crippen molar-refractivity contribution in [2.75, 3.05) is 5.73 Å². The molecule has 0 radical (unpaired) electrons. The molecule has 0 saturated heterocycles. The Morgan fingerprint density at radius 1 is 1.42 bits per heavy atom. The zero-order chi connectivity index (χ0) is 9.14. The molecule has 66 valence electrons. The summed E-state index contributed by atoms with van der Waals surface area (Å²) in [6.45, 7) is 4.06. The second-order valence-corrected chi connectivity index (χ2v) is 3.75. The molecule has 0 amide bonds. The van der Waals surface area contributed by atoms with Gasteiger partial charge in [-0.05, 0) is 35.9 Å². The van der Waals surface area contributed by atoms with Gasteiger partial charge in [0.15, 0.2) is 0 Å². The van der Waals surface area contributed by atoms with Gasteiger partial charge >= 0.3 is 0 Å². The predicted octanol–water partition coefficient (Wildman–Crippen LogP) is 1.92. The maximum absolute atomic E-state index is 5.69. The minimum atomic E-state index is 0.603. The summed E-state index contributed by atoms with van der Waals surface area (Å²) in [6, 6.07) is 0. The number of nitrogen functional groups attached to an aromatic ring is 1. The van der Waals surface area contributed by atoms with Crippen molar-refractivity contribution in [2.45, 2.75) is 26.7 Å². The Balaban J connectivity index is 3.04. The van der Waals surface area contributed by atoms with Gasteiger partial charge in [0.2, 0.25) is 0 Å². The van der Waals surface area contributed by atoms with Gasteiger partial charge in [0.25, 0.3) is 0 Å². The van der Waals surface area contributed by atoms with Crippen molar-refractivity contribution < 1.29 is 0 Å². The number of hydrogen-bond donors (Lipinski definition) is 1. The van der Waals surface area contributed by atoms with E-state index in [-0.39, 0.29) is 0 Å². The van der Waals surface area contributed by atoms with Gasteiger partial charge in [-0.25, -0.2) is 9.97 Å². The predicted molar refractivity (Wildman–Crippen MR) is 57.9 cm³/mol. The molecule has 0 saturated carbocycles. The average Bonchev–Trinajstić information content (AvgIpc) is 2.01. The molecule has 4 heteroatoms. The van der Waals surface area contributed by atoms with Gasteiger partial charge in [0.1, 0.15) is 11.6 Å². The molecule has 0 atom stereocenters. The summed E-state index contributed by atoms with van der Waals surface area (Å²) in [5.41, 5.74) is 6.67. The minimum Gasteiger partial charge on any atom is -0.383 e. The Morgan fingerprint density at radius 3 is 2.58 bits per heavy atom. The Hall–Kier alpha value is -0.390. The van der Waals surface area contributed by atoms with Gasteiger partial charge in [0, 0.05) is 6.42 Å². The van der Waals surface area contributed by atoms with E-state index in [0.717, 1.165) is 27.9 Å². The number of anilines is 1. The zero-order valence-electron chi connectivity index (χ0n) is 7.26. The monoisotopic (exact) mass is 277 g/mol. The third-order valence-corrected chi connectivity index (χ3v) is 2.90. The van der Waals surface area contributed by atoms with Crippen LogP contribution >= 0.6 is 22.6 Å². The topological polar surface area (TPSA) is 51.8 Å². The fourth-order valence-electron chi connectivity index (χ4n) is 0.977. The highest BCUT2D eigenvalue weighted by Crippen LogP contribution is 2.15. The van der Waals surface area contributed by atoms with E-state index in [4.69, 9.17) is 5.73 Å². The number of aromatic nitrogens is 2. The van der Waals surface area contributed by atoms with Crippen LogP contribution < -0.4 is 5.73 Å². The van der Waals surface area contributed by atoms with Gasteiger partial charge in [-0.2, -0.15) is 0 Å². The van der Waals surface area contributed by atoms with Crippen LogP contribution in [0.3, 0.4) is 0 Å². The van der Waals surface area contributed by atoms with Crippen LogP contribution in [0.15, 0.2) is 0 Å². The van der Waals surface area contributed by atoms with Crippen LogP contribution in [-0.4, -0.2) is 9.97 Å². The number of rotatable bonds is 2.